The van der Waals surface area contributed by atoms with Crippen molar-refractivity contribution in [2.45, 2.75) is 31.8 Å². The second-order valence-corrected chi connectivity index (χ2v) is 8.47. The number of carbonyl (C=O) groups excluding carboxylic acids is 1. The second-order valence-electron chi connectivity index (χ2n) is 8.47. The summed E-state index contributed by atoms with van der Waals surface area (Å²) >= 11 is 0. The molecule has 8 nitrogen and oxygen atoms in total. The molecule has 184 valence electrons. The number of hydrogen-bond donors (Lipinski definition) is 1. The molecule has 2 aromatic carbocycles. The monoisotopic (exact) mass is 479 g/mol. The van der Waals surface area contributed by atoms with E-state index in [9.17, 15) is 14.7 Å². The molecule has 0 bridgehead atoms. The zero-order valence-corrected chi connectivity index (χ0v) is 20.1. The Hall–Kier alpha value is -3.78. The number of aromatic hydroxyl groups is 1. The molecule has 1 N–H and O–H groups in total. The molecule has 3 aromatic rings. The summed E-state index contributed by atoms with van der Waals surface area (Å²) in [6, 6.07) is 14.4. The highest BCUT2D eigenvalue weighted by Crippen LogP contribution is 2.35. The first-order valence-corrected chi connectivity index (χ1v) is 11.4. The number of benzene rings is 2. The number of fused-ring (bicyclic) bond motifs is 1. The molecule has 1 aliphatic heterocycles. The van der Waals surface area contributed by atoms with Gasteiger partial charge < -0.3 is 23.7 Å². The lowest BCUT2D eigenvalue weighted by molar-refractivity contribution is -0.140. The van der Waals surface area contributed by atoms with Gasteiger partial charge in [0.05, 0.1) is 40.2 Å². The zero-order chi connectivity index (χ0) is 24.9. The molecule has 0 radical (unpaired) electrons. The molecule has 0 saturated carbocycles. The van der Waals surface area contributed by atoms with Gasteiger partial charge in [0.25, 0.3) is 0 Å². The van der Waals surface area contributed by atoms with Crippen LogP contribution in [0.5, 0.6) is 17.2 Å². The first kappa shape index (κ1) is 24.3. The summed E-state index contributed by atoms with van der Waals surface area (Å²) in [6.07, 6.45) is 0.735. The summed E-state index contributed by atoms with van der Waals surface area (Å²) in [7, 11) is 4.53. The van der Waals surface area contributed by atoms with Crippen molar-refractivity contribution in [3.63, 3.8) is 0 Å². The van der Waals surface area contributed by atoms with E-state index in [2.05, 4.69) is 4.90 Å². The minimum Gasteiger partial charge on any atom is -0.502 e. The van der Waals surface area contributed by atoms with Crippen LogP contribution in [-0.2, 0) is 29.0 Å². The maximum atomic E-state index is 12.7. The van der Waals surface area contributed by atoms with E-state index in [0.29, 0.717) is 30.3 Å². The average molecular weight is 480 g/mol. The smallest absolute Gasteiger partial charge is 0.306 e. The van der Waals surface area contributed by atoms with Crippen LogP contribution in [0.15, 0.2) is 57.7 Å². The van der Waals surface area contributed by atoms with Gasteiger partial charge in [0, 0.05) is 19.2 Å². The lowest BCUT2D eigenvalue weighted by Crippen LogP contribution is -2.30. The van der Waals surface area contributed by atoms with Gasteiger partial charge in [-0.15, -0.1) is 0 Å². The normalized spacial score (nSPS) is 14.1. The highest BCUT2D eigenvalue weighted by molar-refractivity contribution is 5.71. The highest BCUT2D eigenvalue weighted by atomic mass is 16.5. The topological polar surface area (TPSA) is 98.4 Å². The van der Waals surface area contributed by atoms with Crippen molar-refractivity contribution in [2.75, 3.05) is 27.9 Å². The van der Waals surface area contributed by atoms with Crippen LogP contribution in [0.2, 0.25) is 0 Å². The standard InChI is InChI=1S/C27H29NO7/c1-32-23-11-18-9-10-28(15-19(18)12-24(23)33-2)16-20-13-22(29)26(31)27(35-20)21(14-25(30)34-3)17-7-5-4-6-8-17/h4-8,11-13,21,31H,9-10,14-16H2,1-3H3/t21-/m0/s1. The van der Waals surface area contributed by atoms with Gasteiger partial charge in [-0.1, -0.05) is 30.3 Å². The Labute approximate surface area is 203 Å². The van der Waals surface area contributed by atoms with Crippen LogP contribution in [0.3, 0.4) is 0 Å². The highest BCUT2D eigenvalue weighted by Gasteiger charge is 2.27. The molecule has 35 heavy (non-hydrogen) atoms. The molecule has 0 unspecified atom stereocenters. The fraction of sp³-hybridized carbons (Fsp3) is 0.333. The summed E-state index contributed by atoms with van der Waals surface area (Å²) in [5, 5.41) is 10.6. The number of methoxy groups -OCH3 is 3. The van der Waals surface area contributed by atoms with Crippen molar-refractivity contribution in [2.24, 2.45) is 0 Å². The fourth-order valence-corrected chi connectivity index (χ4v) is 4.46. The first-order chi connectivity index (χ1) is 16.9. The van der Waals surface area contributed by atoms with Crippen molar-refractivity contribution in [1.82, 2.24) is 4.90 Å². The van der Waals surface area contributed by atoms with Crippen molar-refractivity contribution < 1.29 is 28.5 Å². The lowest BCUT2D eigenvalue weighted by Gasteiger charge is -2.29. The van der Waals surface area contributed by atoms with Crippen LogP contribution in [-0.4, -0.2) is 43.8 Å². The summed E-state index contributed by atoms with van der Waals surface area (Å²) in [5.41, 5.74) is 2.49. The van der Waals surface area contributed by atoms with Crippen molar-refractivity contribution in [3.8, 4) is 17.2 Å². The Balaban J connectivity index is 1.63. The molecular formula is C27H29NO7. The molecule has 2 heterocycles. The third-order valence-corrected chi connectivity index (χ3v) is 6.29. The van der Waals surface area contributed by atoms with E-state index in [0.717, 1.165) is 24.1 Å². The molecule has 8 heteroatoms. The Morgan fingerprint density at radius 1 is 1.06 bits per heavy atom. The molecule has 0 aliphatic carbocycles. The van der Waals surface area contributed by atoms with Gasteiger partial charge >= 0.3 is 5.97 Å². The van der Waals surface area contributed by atoms with Gasteiger partial charge in [-0.3, -0.25) is 14.5 Å². The molecule has 0 saturated heterocycles. The SMILES string of the molecule is COC(=O)C[C@@H](c1ccccc1)c1oc(CN2CCc3cc(OC)c(OC)cc3C2)cc(=O)c1O. The van der Waals surface area contributed by atoms with Crippen LogP contribution < -0.4 is 14.9 Å². The lowest BCUT2D eigenvalue weighted by atomic mass is 9.92. The van der Waals surface area contributed by atoms with Crippen molar-refractivity contribution in [1.29, 1.82) is 0 Å². The summed E-state index contributed by atoms with van der Waals surface area (Å²) < 4.78 is 21.8. The van der Waals surface area contributed by atoms with Gasteiger partial charge in [0.2, 0.25) is 11.2 Å². The number of ether oxygens (including phenoxy) is 3. The van der Waals surface area contributed by atoms with Crippen LogP contribution in [0, 0.1) is 0 Å². The number of rotatable bonds is 8. The molecule has 0 fully saturated rings. The quantitative estimate of drug-likeness (QED) is 0.489. The minimum atomic E-state index is -0.657. The molecule has 1 aromatic heterocycles. The Kier molecular flexibility index (Phi) is 7.41. The van der Waals surface area contributed by atoms with Crippen molar-refractivity contribution in [3.05, 3.63) is 87.0 Å². The van der Waals surface area contributed by atoms with E-state index >= 15 is 0 Å². The maximum absolute atomic E-state index is 12.7. The van der Waals surface area contributed by atoms with E-state index in [1.807, 2.05) is 42.5 Å². The summed E-state index contributed by atoms with van der Waals surface area (Å²) in [5.74, 6) is 0.225. The van der Waals surface area contributed by atoms with Gasteiger partial charge in [0.1, 0.15) is 5.76 Å². The van der Waals surface area contributed by atoms with Gasteiger partial charge in [-0.05, 0) is 35.2 Å². The van der Waals surface area contributed by atoms with Crippen LogP contribution in [0.4, 0.5) is 0 Å². The zero-order valence-electron chi connectivity index (χ0n) is 20.1. The third kappa shape index (κ3) is 5.33. The second kappa shape index (κ2) is 10.7. The van der Waals surface area contributed by atoms with Crippen LogP contribution in [0.1, 0.15) is 40.5 Å². The largest absolute Gasteiger partial charge is 0.502 e. The predicted octanol–water partition coefficient (Wildman–Crippen LogP) is 3.62. The summed E-state index contributed by atoms with van der Waals surface area (Å²) in [4.78, 5) is 27.0. The maximum Gasteiger partial charge on any atom is 0.306 e. The third-order valence-electron chi connectivity index (χ3n) is 6.29. The van der Waals surface area contributed by atoms with E-state index in [1.54, 1.807) is 14.2 Å². The predicted molar refractivity (Wildman–Crippen MR) is 129 cm³/mol. The van der Waals surface area contributed by atoms with Gasteiger partial charge in [-0.2, -0.15) is 0 Å². The van der Waals surface area contributed by atoms with E-state index in [4.69, 9.17) is 18.6 Å². The Morgan fingerprint density at radius 2 is 1.74 bits per heavy atom. The minimum absolute atomic E-state index is 0.0629. The van der Waals surface area contributed by atoms with Gasteiger partial charge in [0.15, 0.2) is 17.3 Å². The number of hydrogen-bond acceptors (Lipinski definition) is 8. The number of nitrogens with zero attached hydrogens (tertiary/aromatic N) is 1. The van der Waals surface area contributed by atoms with Crippen LogP contribution >= 0.6 is 0 Å². The molecule has 1 aliphatic rings. The Morgan fingerprint density at radius 3 is 2.40 bits per heavy atom. The molecule has 0 amide bonds. The van der Waals surface area contributed by atoms with E-state index in [-0.39, 0.29) is 12.2 Å². The summed E-state index contributed by atoms with van der Waals surface area (Å²) in [6.45, 7) is 1.77. The van der Waals surface area contributed by atoms with Gasteiger partial charge in [-0.25, -0.2) is 0 Å². The molecule has 1 atom stereocenters. The number of esters is 1. The van der Waals surface area contributed by atoms with E-state index in [1.165, 1.54) is 18.7 Å². The fourth-order valence-electron chi connectivity index (χ4n) is 4.46. The van der Waals surface area contributed by atoms with Crippen molar-refractivity contribution >= 4 is 5.97 Å². The Bertz CT molecular complexity index is 1250. The first-order valence-electron chi connectivity index (χ1n) is 11.4. The average Bonchev–Trinajstić information content (AvgIpc) is 2.88. The number of carbonyl (C=O) groups is 1. The molecule has 4 rings (SSSR count). The molecular weight excluding hydrogens is 450 g/mol. The van der Waals surface area contributed by atoms with E-state index < -0.39 is 23.1 Å². The van der Waals surface area contributed by atoms with Crippen LogP contribution in [0.25, 0.3) is 0 Å². The molecule has 0 spiro atoms.